The van der Waals surface area contributed by atoms with E-state index in [0.717, 1.165) is 6.54 Å². The van der Waals surface area contributed by atoms with Crippen LogP contribution in [0, 0.1) is 0 Å². The fraction of sp³-hybridized carbons (Fsp3) is 0.917. The Morgan fingerprint density at radius 3 is 2.06 bits per heavy atom. The van der Waals surface area contributed by atoms with Crippen LogP contribution in [-0.2, 0) is 4.79 Å². The summed E-state index contributed by atoms with van der Waals surface area (Å²) in [6, 6.07) is 0. The van der Waals surface area contributed by atoms with Gasteiger partial charge in [0.1, 0.15) is 0 Å². The molecule has 0 saturated carbocycles. The molecule has 3 nitrogen and oxygen atoms in total. The van der Waals surface area contributed by atoms with Crippen molar-refractivity contribution in [2.45, 2.75) is 44.1 Å². The summed E-state index contributed by atoms with van der Waals surface area (Å²) >= 11 is 1.70. The Hall–Kier alpha value is -0.220. The molecule has 0 aromatic rings. The SMILES string of the molecule is CN(C)CCNC(=O)C(C)(C)SC(C)(C)C. The summed E-state index contributed by atoms with van der Waals surface area (Å²) in [5.41, 5.74) is 0. The molecule has 0 radical (unpaired) electrons. The van der Waals surface area contributed by atoms with Crippen molar-refractivity contribution < 1.29 is 4.79 Å². The molecule has 0 bridgehead atoms. The maximum Gasteiger partial charge on any atom is 0.235 e. The third-order valence-corrected chi connectivity index (χ3v) is 3.26. The van der Waals surface area contributed by atoms with Crippen LogP contribution in [0.3, 0.4) is 0 Å². The highest BCUT2D eigenvalue weighted by molar-refractivity contribution is 8.02. The van der Waals surface area contributed by atoms with Gasteiger partial charge in [0, 0.05) is 17.8 Å². The van der Waals surface area contributed by atoms with Gasteiger partial charge in [-0.15, -0.1) is 11.8 Å². The maximum absolute atomic E-state index is 12.0. The second-order valence-electron chi connectivity index (χ2n) is 5.78. The van der Waals surface area contributed by atoms with Crippen molar-refractivity contribution in [2.24, 2.45) is 0 Å². The van der Waals surface area contributed by atoms with Gasteiger partial charge < -0.3 is 10.2 Å². The third kappa shape index (κ3) is 7.12. The first-order valence-electron chi connectivity index (χ1n) is 5.68. The van der Waals surface area contributed by atoms with E-state index in [1.807, 2.05) is 27.9 Å². The molecule has 0 aliphatic rings. The van der Waals surface area contributed by atoms with Crippen LogP contribution in [0.2, 0.25) is 0 Å². The van der Waals surface area contributed by atoms with Crippen LogP contribution in [0.1, 0.15) is 34.6 Å². The van der Waals surface area contributed by atoms with Crippen molar-refractivity contribution in [3.63, 3.8) is 0 Å². The zero-order valence-corrected chi connectivity index (χ0v) is 12.5. The topological polar surface area (TPSA) is 32.3 Å². The smallest absolute Gasteiger partial charge is 0.235 e. The molecule has 0 saturated heterocycles. The number of likely N-dealkylation sites (N-methyl/N-ethyl adjacent to an activating group) is 1. The molecule has 0 aromatic heterocycles. The molecule has 0 atom stereocenters. The van der Waals surface area contributed by atoms with Gasteiger partial charge in [-0.1, -0.05) is 20.8 Å². The minimum atomic E-state index is -0.370. The first-order valence-corrected chi connectivity index (χ1v) is 6.49. The number of carbonyl (C=O) groups excluding carboxylic acids is 1. The fourth-order valence-corrected chi connectivity index (χ4v) is 3.11. The summed E-state index contributed by atoms with van der Waals surface area (Å²) in [5.74, 6) is 0.120. The van der Waals surface area contributed by atoms with Gasteiger partial charge in [-0.25, -0.2) is 0 Å². The number of thioether (sulfide) groups is 1. The second-order valence-corrected chi connectivity index (χ2v) is 8.23. The summed E-state index contributed by atoms with van der Waals surface area (Å²) < 4.78 is -0.271. The molecule has 0 heterocycles. The number of hydrogen-bond donors (Lipinski definition) is 1. The molecule has 1 amide bonds. The summed E-state index contributed by atoms with van der Waals surface area (Å²) in [4.78, 5) is 14.0. The number of nitrogens with one attached hydrogen (secondary N) is 1. The molecule has 0 fully saturated rings. The van der Waals surface area contributed by atoms with Crippen LogP contribution in [0.4, 0.5) is 0 Å². The lowest BCUT2D eigenvalue weighted by molar-refractivity contribution is -0.122. The van der Waals surface area contributed by atoms with Gasteiger partial charge in [-0.2, -0.15) is 0 Å². The largest absolute Gasteiger partial charge is 0.354 e. The van der Waals surface area contributed by atoms with Gasteiger partial charge in [0.05, 0.1) is 4.75 Å². The van der Waals surface area contributed by atoms with Crippen molar-refractivity contribution in [2.75, 3.05) is 27.2 Å². The molecule has 0 aromatic carbocycles. The lowest BCUT2D eigenvalue weighted by Gasteiger charge is -2.31. The summed E-state index contributed by atoms with van der Waals surface area (Å²) in [7, 11) is 4.00. The summed E-state index contributed by atoms with van der Waals surface area (Å²) in [6.45, 7) is 11.9. The molecular weight excluding hydrogens is 220 g/mol. The third-order valence-electron chi connectivity index (χ3n) is 1.95. The Balaban J connectivity index is 4.15. The number of rotatable bonds is 5. The number of amides is 1. The minimum Gasteiger partial charge on any atom is -0.354 e. The van der Waals surface area contributed by atoms with Crippen molar-refractivity contribution in [3.05, 3.63) is 0 Å². The van der Waals surface area contributed by atoms with E-state index in [9.17, 15) is 4.79 Å². The van der Waals surface area contributed by atoms with E-state index in [1.165, 1.54) is 0 Å². The molecule has 4 heteroatoms. The average molecular weight is 246 g/mol. The quantitative estimate of drug-likeness (QED) is 0.805. The van der Waals surface area contributed by atoms with Crippen LogP contribution in [-0.4, -0.2) is 47.5 Å². The van der Waals surface area contributed by atoms with Crippen molar-refractivity contribution >= 4 is 17.7 Å². The van der Waals surface area contributed by atoms with Gasteiger partial charge in [-0.05, 0) is 27.9 Å². The molecule has 0 rings (SSSR count). The zero-order valence-electron chi connectivity index (χ0n) is 11.7. The Labute approximate surface area is 104 Å². The molecule has 0 spiro atoms. The van der Waals surface area contributed by atoms with Gasteiger partial charge in [0.2, 0.25) is 5.91 Å². The van der Waals surface area contributed by atoms with Crippen LogP contribution >= 0.6 is 11.8 Å². The predicted octanol–water partition coefficient (Wildman–Crippen LogP) is 1.97. The van der Waals surface area contributed by atoms with Gasteiger partial charge in [0.25, 0.3) is 0 Å². The molecule has 0 aliphatic heterocycles. The normalized spacial score (nSPS) is 13.0. The molecule has 0 unspecified atom stereocenters. The van der Waals surface area contributed by atoms with E-state index in [-0.39, 0.29) is 15.4 Å². The van der Waals surface area contributed by atoms with Gasteiger partial charge >= 0.3 is 0 Å². The molecule has 0 aliphatic carbocycles. The Bertz CT molecular complexity index is 232. The second kappa shape index (κ2) is 5.92. The first-order chi connectivity index (χ1) is 7.04. The van der Waals surface area contributed by atoms with Gasteiger partial charge in [0.15, 0.2) is 0 Å². The van der Waals surface area contributed by atoms with Crippen LogP contribution in [0.15, 0.2) is 0 Å². The van der Waals surface area contributed by atoms with Crippen LogP contribution in [0.5, 0.6) is 0 Å². The van der Waals surface area contributed by atoms with E-state index in [4.69, 9.17) is 0 Å². The lowest BCUT2D eigenvalue weighted by atomic mass is 10.2. The zero-order chi connectivity index (χ0) is 13.0. The van der Waals surface area contributed by atoms with E-state index in [0.29, 0.717) is 6.54 Å². The van der Waals surface area contributed by atoms with Crippen molar-refractivity contribution in [1.82, 2.24) is 10.2 Å². The number of nitrogens with zero attached hydrogens (tertiary/aromatic N) is 1. The number of hydrogen-bond acceptors (Lipinski definition) is 3. The maximum atomic E-state index is 12.0. The molecule has 1 N–H and O–H groups in total. The molecule has 16 heavy (non-hydrogen) atoms. The van der Waals surface area contributed by atoms with Gasteiger partial charge in [-0.3, -0.25) is 4.79 Å². The van der Waals surface area contributed by atoms with E-state index in [2.05, 4.69) is 31.0 Å². The van der Waals surface area contributed by atoms with Crippen LogP contribution in [0.25, 0.3) is 0 Å². The number of carbonyl (C=O) groups is 1. The standard InChI is InChI=1S/C12H26N2OS/c1-11(2,3)16-12(4,5)10(15)13-8-9-14(6)7/h8-9H2,1-7H3,(H,13,15). The summed E-state index contributed by atoms with van der Waals surface area (Å²) in [5, 5.41) is 2.98. The fourth-order valence-electron chi connectivity index (χ4n) is 1.42. The monoisotopic (exact) mass is 246 g/mol. The first kappa shape index (κ1) is 15.8. The molecular formula is C12H26N2OS. The highest BCUT2D eigenvalue weighted by atomic mass is 32.2. The minimum absolute atomic E-state index is 0.0996. The lowest BCUT2D eigenvalue weighted by Crippen LogP contribution is -2.44. The Morgan fingerprint density at radius 1 is 1.19 bits per heavy atom. The molecule has 96 valence electrons. The Morgan fingerprint density at radius 2 is 1.69 bits per heavy atom. The van der Waals surface area contributed by atoms with Crippen molar-refractivity contribution in [1.29, 1.82) is 0 Å². The highest BCUT2D eigenvalue weighted by Crippen LogP contribution is 2.36. The average Bonchev–Trinajstić information content (AvgIpc) is 1.98. The predicted molar refractivity (Wildman–Crippen MR) is 73.0 cm³/mol. The highest BCUT2D eigenvalue weighted by Gasteiger charge is 2.32. The van der Waals surface area contributed by atoms with Crippen molar-refractivity contribution in [3.8, 4) is 0 Å². The van der Waals surface area contributed by atoms with E-state index < -0.39 is 0 Å². The van der Waals surface area contributed by atoms with E-state index in [1.54, 1.807) is 11.8 Å². The Kier molecular flexibility index (Phi) is 5.84. The van der Waals surface area contributed by atoms with Crippen LogP contribution < -0.4 is 5.32 Å². The van der Waals surface area contributed by atoms with E-state index >= 15 is 0 Å². The summed E-state index contributed by atoms with van der Waals surface area (Å²) in [6.07, 6.45) is 0.